The molecule has 5 heteroatoms. The van der Waals surface area contributed by atoms with Crippen molar-refractivity contribution in [2.24, 2.45) is 0 Å². The summed E-state index contributed by atoms with van der Waals surface area (Å²) in [5.41, 5.74) is 1.11. The van der Waals surface area contributed by atoms with Crippen LogP contribution in [0.1, 0.15) is 32.4 Å². The van der Waals surface area contributed by atoms with E-state index in [0.717, 1.165) is 36.4 Å². The van der Waals surface area contributed by atoms with Crippen molar-refractivity contribution >= 4 is 16.5 Å². The van der Waals surface area contributed by atoms with Crippen LogP contribution in [-0.4, -0.2) is 33.6 Å². The highest BCUT2D eigenvalue weighted by atomic mass is 32.1. The maximum absolute atomic E-state index is 4.20. The molecule has 0 atom stereocenters. The molecule has 0 amide bonds. The third-order valence-electron chi connectivity index (χ3n) is 2.72. The summed E-state index contributed by atoms with van der Waals surface area (Å²) in [4.78, 5) is 2.48. The van der Waals surface area contributed by atoms with Gasteiger partial charge in [-0.2, -0.15) is 0 Å². The van der Waals surface area contributed by atoms with E-state index in [1.807, 2.05) is 0 Å². The average molecular weight is 226 g/mol. The van der Waals surface area contributed by atoms with Crippen LogP contribution in [0, 0.1) is 0 Å². The standard InChI is InChI=1S/C10H18N4S/c1-3-11-10-9(12-13-15-10)7-14(4-2)8-5-6-8/h8,11H,3-7H2,1-2H3. The lowest BCUT2D eigenvalue weighted by Crippen LogP contribution is -2.25. The Hall–Kier alpha value is -0.680. The Morgan fingerprint density at radius 3 is 2.87 bits per heavy atom. The Balaban J connectivity index is 1.98. The zero-order valence-corrected chi connectivity index (χ0v) is 10.2. The van der Waals surface area contributed by atoms with Crippen molar-refractivity contribution < 1.29 is 0 Å². The molecule has 1 saturated carbocycles. The summed E-state index contributed by atoms with van der Waals surface area (Å²) in [6.45, 7) is 7.30. The van der Waals surface area contributed by atoms with Gasteiger partial charge in [0.1, 0.15) is 10.7 Å². The molecule has 0 radical (unpaired) electrons. The SMILES string of the molecule is CCNc1snnc1CN(CC)C1CC1. The zero-order valence-electron chi connectivity index (χ0n) is 9.36. The first-order chi connectivity index (χ1) is 7.35. The summed E-state index contributed by atoms with van der Waals surface area (Å²) in [7, 11) is 0. The zero-order chi connectivity index (χ0) is 10.7. The van der Waals surface area contributed by atoms with Crippen LogP contribution in [0.3, 0.4) is 0 Å². The summed E-state index contributed by atoms with van der Waals surface area (Å²) in [6.07, 6.45) is 2.70. The number of hydrogen-bond donors (Lipinski definition) is 1. The Kier molecular flexibility index (Phi) is 3.53. The molecule has 0 spiro atoms. The van der Waals surface area contributed by atoms with Crippen molar-refractivity contribution in [3.05, 3.63) is 5.69 Å². The molecule has 0 aliphatic heterocycles. The molecule has 1 heterocycles. The van der Waals surface area contributed by atoms with Gasteiger partial charge in [-0.05, 0) is 26.3 Å². The van der Waals surface area contributed by atoms with Crippen molar-refractivity contribution in [1.82, 2.24) is 14.5 Å². The fourth-order valence-electron chi connectivity index (χ4n) is 1.74. The van der Waals surface area contributed by atoms with Gasteiger partial charge < -0.3 is 5.32 Å². The molecule has 1 aliphatic carbocycles. The highest BCUT2D eigenvalue weighted by Gasteiger charge is 2.28. The van der Waals surface area contributed by atoms with Gasteiger partial charge in [0.05, 0.1) is 0 Å². The average Bonchev–Trinajstić information content (AvgIpc) is 2.99. The molecule has 2 rings (SSSR count). The molecule has 84 valence electrons. The molecule has 1 N–H and O–H groups in total. The van der Waals surface area contributed by atoms with Crippen LogP contribution >= 0.6 is 11.5 Å². The van der Waals surface area contributed by atoms with E-state index in [9.17, 15) is 0 Å². The number of nitrogens with one attached hydrogen (secondary N) is 1. The second-order valence-corrected chi connectivity index (χ2v) is 4.63. The molecule has 1 fully saturated rings. The van der Waals surface area contributed by atoms with Gasteiger partial charge >= 0.3 is 0 Å². The van der Waals surface area contributed by atoms with Crippen LogP contribution in [0.4, 0.5) is 5.00 Å². The third-order valence-corrected chi connectivity index (χ3v) is 3.44. The molecule has 1 aromatic rings. The topological polar surface area (TPSA) is 41.1 Å². The van der Waals surface area contributed by atoms with E-state index in [4.69, 9.17) is 0 Å². The van der Waals surface area contributed by atoms with Crippen molar-refractivity contribution in [1.29, 1.82) is 0 Å². The van der Waals surface area contributed by atoms with Gasteiger partial charge in [-0.3, -0.25) is 4.90 Å². The van der Waals surface area contributed by atoms with Gasteiger partial charge in [0.25, 0.3) is 0 Å². The van der Waals surface area contributed by atoms with E-state index in [0.29, 0.717) is 0 Å². The summed E-state index contributed by atoms with van der Waals surface area (Å²) >= 11 is 1.46. The van der Waals surface area contributed by atoms with E-state index in [1.165, 1.54) is 24.4 Å². The minimum Gasteiger partial charge on any atom is -0.374 e. The fraction of sp³-hybridized carbons (Fsp3) is 0.800. The van der Waals surface area contributed by atoms with Crippen molar-refractivity contribution in [2.45, 2.75) is 39.3 Å². The van der Waals surface area contributed by atoms with E-state index < -0.39 is 0 Å². The predicted octanol–water partition coefficient (Wildman–Crippen LogP) is 1.95. The van der Waals surface area contributed by atoms with Crippen molar-refractivity contribution in [3.63, 3.8) is 0 Å². The van der Waals surface area contributed by atoms with E-state index in [1.54, 1.807) is 0 Å². The van der Waals surface area contributed by atoms with Crippen LogP contribution in [0.2, 0.25) is 0 Å². The Bertz CT molecular complexity index is 308. The van der Waals surface area contributed by atoms with E-state index in [-0.39, 0.29) is 0 Å². The molecular weight excluding hydrogens is 208 g/mol. The first-order valence-electron chi connectivity index (χ1n) is 5.64. The normalized spacial score (nSPS) is 15.9. The summed E-state index contributed by atoms with van der Waals surface area (Å²) in [5.74, 6) is 0. The Morgan fingerprint density at radius 2 is 2.27 bits per heavy atom. The van der Waals surface area contributed by atoms with Crippen LogP contribution in [0.25, 0.3) is 0 Å². The molecule has 0 unspecified atom stereocenters. The maximum Gasteiger partial charge on any atom is 0.134 e. The largest absolute Gasteiger partial charge is 0.374 e. The van der Waals surface area contributed by atoms with Crippen LogP contribution in [0.5, 0.6) is 0 Å². The monoisotopic (exact) mass is 226 g/mol. The Labute approximate surface area is 94.8 Å². The first kappa shape index (κ1) is 10.8. The predicted molar refractivity (Wildman–Crippen MR) is 63.2 cm³/mol. The maximum atomic E-state index is 4.20. The van der Waals surface area contributed by atoms with Crippen LogP contribution in [0.15, 0.2) is 0 Å². The Morgan fingerprint density at radius 1 is 1.47 bits per heavy atom. The van der Waals surface area contributed by atoms with Crippen LogP contribution in [-0.2, 0) is 6.54 Å². The summed E-state index contributed by atoms with van der Waals surface area (Å²) in [5, 5.41) is 8.64. The molecule has 4 nitrogen and oxygen atoms in total. The quantitative estimate of drug-likeness (QED) is 0.805. The van der Waals surface area contributed by atoms with Gasteiger partial charge in [-0.1, -0.05) is 11.4 Å². The second kappa shape index (κ2) is 4.90. The second-order valence-electron chi connectivity index (χ2n) is 3.87. The molecule has 0 aromatic carbocycles. The lowest BCUT2D eigenvalue weighted by Gasteiger charge is -2.18. The third kappa shape index (κ3) is 2.66. The molecule has 1 aliphatic rings. The summed E-state index contributed by atoms with van der Waals surface area (Å²) < 4.78 is 4.01. The fourth-order valence-corrected chi connectivity index (χ4v) is 2.38. The smallest absolute Gasteiger partial charge is 0.134 e. The van der Waals surface area contributed by atoms with Crippen molar-refractivity contribution in [3.8, 4) is 0 Å². The summed E-state index contributed by atoms with van der Waals surface area (Å²) in [6, 6.07) is 0.797. The molecular formula is C10H18N4S. The first-order valence-corrected chi connectivity index (χ1v) is 6.41. The van der Waals surface area contributed by atoms with E-state index in [2.05, 4.69) is 33.7 Å². The lowest BCUT2D eigenvalue weighted by atomic mass is 10.3. The van der Waals surface area contributed by atoms with Gasteiger partial charge in [0.2, 0.25) is 0 Å². The highest BCUT2D eigenvalue weighted by molar-refractivity contribution is 7.10. The number of rotatable bonds is 6. The molecule has 15 heavy (non-hydrogen) atoms. The molecule has 1 aromatic heterocycles. The van der Waals surface area contributed by atoms with Crippen molar-refractivity contribution in [2.75, 3.05) is 18.4 Å². The molecule has 0 saturated heterocycles. The van der Waals surface area contributed by atoms with Gasteiger partial charge in [-0.25, -0.2) is 0 Å². The minimum atomic E-state index is 0.797. The van der Waals surface area contributed by atoms with Gasteiger partial charge in [0, 0.05) is 30.7 Å². The van der Waals surface area contributed by atoms with Gasteiger partial charge in [0.15, 0.2) is 0 Å². The van der Waals surface area contributed by atoms with Gasteiger partial charge in [-0.15, -0.1) is 5.10 Å². The van der Waals surface area contributed by atoms with Crippen LogP contribution < -0.4 is 5.32 Å². The number of anilines is 1. The number of hydrogen-bond acceptors (Lipinski definition) is 5. The molecule has 0 bridgehead atoms. The van der Waals surface area contributed by atoms with E-state index >= 15 is 0 Å². The number of nitrogens with zero attached hydrogens (tertiary/aromatic N) is 3. The lowest BCUT2D eigenvalue weighted by molar-refractivity contribution is 0.266. The highest BCUT2D eigenvalue weighted by Crippen LogP contribution is 2.29. The number of aromatic nitrogens is 2. The minimum absolute atomic E-state index is 0.797.